The lowest BCUT2D eigenvalue weighted by molar-refractivity contribution is 0.0973. The highest BCUT2D eigenvalue weighted by molar-refractivity contribution is 7.80. The van der Waals surface area contributed by atoms with Crippen molar-refractivity contribution in [1.82, 2.24) is 10.2 Å². The molecule has 1 aliphatic heterocycles. The van der Waals surface area contributed by atoms with Crippen LogP contribution in [-0.4, -0.2) is 28.5 Å². The molecule has 0 unspecified atom stereocenters. The Morgan fingerprint density at radius 2 is 2.44 bits per heavy atom. The van der Waals surface area contributed by atoms with Gasteiger partial charge in [0.15, 0.2) is 5.11 Å². The Labute approximate surface area is 117 Å². The third-order valence-electron chi connectivity index (χ3n) is 3.32. The molecule has 1 N–H and O–H groups in total. The van der Waals surface area contributed by atoms with Gasteiger partial charge in [-0.25, -0.2) is 0 Å². The molecule has 0 radical (unpaired) electrons. The topological polar surface area (TPSA) is 32.3 Å². The van der Waals surface area contributed by atoms with E-state index < -0.39 is 0 Å². The number of thiophene rings is 1. The molecule has 98 valence electrons. The average Bonchev–Trinajstić information content (AvgIpc) is 2.92. The Morgan fingerprint density at radius 1 is 1.61 bits per heavy atom. The fourth-order valence-electron chi connectivity index (χ4n) is 2.33. The molecule has 3 nitrogen and oxygen atoms in total. The van der Waals surface area contributed by atoms with Gasteiger partial charge in [-0.2, -0.15) is 0 Å². The molecule has 2 rings (SSSR count). The Kier molecular flexibility index (Phi) is 4.72. The molecule has 0 spiro atoms. The zero-order valence-electron chi connectivity index (χ0n) is 10.5. The fourth-order valence-corrected chi connectivity index (χ4v) is 3.28. The molecule has 1 saturated heterocycles. The van der Waals surface area contributed by atoms with Crippen LogP contribution in [0.4, 0.5) is 0 Å². The van der Waals surface area contributed by atoms with E-state index >= 15 is 0 Å². The van der Waals surface area contributed by atoms with E-state index in [4.69, 9.17) is 12.2 Å². The largest absolute Gasteiger partial charge is 0.346 e. The van der Waals surface area contributed by atoms with Crippen molar-refractivity contribution >= 4 is 34.6 Å². The second kappa shape index (κ2) is 6.29. The third-order valence-corrected chi connectivity index (χ3v) is 4.53. The number of hydrogen-bond acceptors (Lipinski definition) is 3. The summed E-state index contributed by atoms with van der Waals surface area (Å²) >= 11 is 6.80. The van der Waals surface area contributed by atoms with Gasteiger partial charge < -0.3 is 4.90 Å². The number of piperidine rings is 1. The van der Waals surface area contributed by atoms with Gasteiger partial charge in [-0.3, -0.25) is 10.1 Å². The van der Waals surface area contributed by atoms with Gasteiger partial charge in [0, 0.05) is 12.6 Å². The van der Waals surface area contributed by atoms with Gasteiger partial charge >= 0.3 is 0 Å². The normalized spacial score (nSPS) is 19.6. The lowest BCUT2D eigenvalue weighted by Gasteiger charge is -2.36. The maximum absolute atomic E-state index is 11.9. The first-order chi connectivity index (χ1) is 8.72. The minimum Gasteiger partial charge on any atom is -0.346 e. The van der Waals surface area contributed by atoms with Crippen LogP contribution in [0.5, 0.6) is 0 Å². The van der Waals surface area contributed by atoms with Crippen molar-refractivity contribution in [3.05, 3.63) is 22.4 Å². The van der Waals surface area contributed by atoms with Crippen LogP contribution in [0.2, 0.25) is 0 Å². The van der Waals surface area contributed by atoms with E-state index in [1.54, 1.807) is 0 Å². The highest BCUT2D eigenvalue weighted by Crippen LogP contribution is 2.19. The number of thiocarbonyl (C=S) groups is 1. The molecular weight excluding hydrogens is 264 g/mol. The van der Waals surface area contributed by atoms with Crippen molar-refractivity contribution in [1.29, 1.82) is 0 Å². The van der Waals surface area contributed by atoms with Crippen LogP contribution in [-0.2, 0) is 0 Å². The number of nitrogens with one attached hydrogen (secondary N) is 1. The fraction of sp³-hybridized carbons (Fsp3) is 0.538. The van der Waals surface area contributed by atoms with Crippen LogP contribution >= 0.6 is 23.6 Å². The summed E-state index contributed by atoms with van der Waals surface area (Å²) in [5.41, 5.74) is 0. The zero-order chi connectivity index (χ0) is 13.0. The number of hydrogen-bond donors (Lipinski definition) is 1. The number of amides is 1. The van der Waals surface area contributed by atoms with Gasteiger partial charge in [-0.05, 0) is 49.3 Å². The maximum atomic E-state index is 11.9. The van der Waals surface area contributed by atoms with E-state index in [9.17, 15) is 4.79 Å². The van der Waals surface area contributed by atoms with Gasteiger partial charge in [0.05, 0.1) is 4.88 Å². The summed E-state index contributed by atoms with van der Waals surface area (Å²) in [4.78, 5) is 14.8. The van der Waals surface area contributed by atoms with Gasteiger partial charge in [0.2, 0.25) is 0 Å². The van der Waals surface area contributed by atoms with Crippen LogP contribution in [0.1, 0.15) is 42.3 Å². The van der Waals surface area contributed by atoms with Gasteiger partial charge in [0.1, 0.15) is 0 Å². The first-order valence-electron chi connectivity index (χ1n) is 6.38. The molecule has 0 saturated carbocycles. The summed E-state index contributed by atoms with van der Waals surface area (Å²) < 4.78 is 0. The van der Waals surface area contributed by atoms with Gasteiger partial charge in [-0.15, -0.1) is 11.3 Å². The molecule has 0 bridgehead atoms. The maximum Gasteiger partial charge on any atom is 0.267 e. The minimum absolute atomic E-state index is 0.0876. The first-order valence-corrected chi connectivity index (χ1v) is 7.66. The van der Waals surface area contributed by atoms with Crippen molar-refractivity contribution < 1.29 is 4.79 Å². The lowest BCUT2D eigenvalue weighted by atomic mass is 10.0. The van der Waals surface area contributed by atoms with Crippen LogP contribution in [0, 0.1) is 0 Å². The van der Waals surface area contributed by atoms with Crippen molar-refractivity contribution in [2.45, 2.75) is 38.6 Å². The molecule has 18 heavy (non-hydrogen) atoms. The summed E-state index contributed by atoms with van der Waals surface area (Å²) in [5.74, 6) is -0.0876. The van der Waals surface area contributed by atoms with E-state index in [2.05, 4.69) is 17.1 Å². The predicted octanol–water partition coefficient (Wildman–Crippen LogP) is 3.03. The van der Waals surface area contributed by atoms with E-state index in [1.165, 1.54) is 24.2 Å². The molecule has 0 aromatic carbocycles. The third kappa shape index (κ3) is 3.09. The summed E-state index contributed by atoms with van der Waals surface area (Å²) in [5, 5.41) is 5.33. The minimum atomic E-state index is -0.0876. The highest BCUT2D eigenvalue weighted by Gasteiger charge is 2.24. The molecule has 1 amide bonds. The highest BCUT2D eigenvalue weighted by atomic mass is 32.1. The number of likely N-dealkylation sites (tertiary alicyclic amines) is 1. The van der Waals surface area contributed by atoms with Crippen LogP contribution in [0.15, 0.2) is 17.5 Å². The summed E-state index contributed by atoms with van der Waals surface area (Å²) in [6.07, 6.45) is 4.67. The van der Waals surface area contributed by atoms with E-state index in [0.29, 0.717) is 16.0 Å². The van der Waals surface area contributed by atoms with Crippen LogP contribution in [0.25, 0.3) is 0 Å². The number of carbonyl (C=O) groups excluding carboxylic acids is 1. The number of rotatable bonds is 2. The first kappa shape index (κ1) is 13.5. The standard InChI is InChI=1S/C13H18N2OS2/c1-2-10-6-3-4-8-15(10)13(17)14-12(16)11-7-5-9-18-11/h5,7,9-10H,2-4,6,8H2,1H3,(H,14,16,17)/t10-/m1/s1. The SMILES string of the molecule is CC[C@@H]1CCCCN1C(=S)NC(=O)c1cccs1. The molecule has 5 heteroatoms. The summed E-state index contributed by atoms with van der Waals surface area (Å²) in [6, 6.07) is 4.17. The second-order valence-electron chi connectivity index (χ2n) is 4.49. The molecule has 1 atom stereocenters. The van der Waals surface area contributed by atoms with E-state index in [-0.39, 0.29) is 5.91 Å². The summed E-state index contributed by atoms with van der Waals surface area (Å²) in [6.45, 7) is 3.13. The molecular formula is C13H18N2OS2. The average molecular weight is 282 g/mol. The lowest BCUT2D eigenvalue weighted by Crippen LogP contribution is -2.49. The van der Waals surface area contributed by atoms with Crippen molar-refractivity contribution in [2.75, 3.05) is 6.54 Å². The quantitative estimate of drug-likeness (QED) is 0.846. The van der Waals surface area contributed by atoms with Crippen LogP contribution in [0.3, 0.4) is 0 Å². The zero-order valence-corrected chi connectivity index (χ0v) is 12.1. The van der Waals surface area contributed by atoms with Gasteiger partial charge in [0.25, 0.3) is 5.91 Å². The number of nitrogens with zero attached hydrogens (tertiary/aromatic N) is 1. The van der Waals surface area contributed by atoms with E-state index in [1.807, 2.05) is 17.5 Å². The monoisotopic (exact) mass is 282 g/mol. The van der Waals surface area contributed by atoms with Crippen LogP contribution < -0.4 is 5.32 Å². The molecule has 1 aliphatic rings. The van der Waals surface area contributed by atoms with E-state index in [0.717, 1.165) is 19.4 Å². The molecule has 1 fully saturated rings. The smallest absolute Gasteiger partial charge is 0.267 e. The Bertz CT molecular complexity index is 417. The Hall–Kier alpha value is -0.940. The molecule has 0 aliphatic carbocycles. The summed E-state index contributed by atoms with van der Waals surface area (Å²) in [7, 11) is 0. The van der Waals surface area contributed by atoms with Gasteiger partial charge in [-0.1, -0.05) is 13.0 Å². The predicted molar refractivity (Wildman–Crippen MR) is 79.0 cm³/mol. The van der Waals surface area contributed by atoms with Crippen molar-refractivity contribution in [2.24, 2.45) is 0 Å². The Balaban J connectivity index is 1.96. The second-order valence-corrected chi connectivity index (χ2v) is 5.82. The Morgan fingerprint density at radius 3 is 3.11 bits per heavy atom. The number of carbonyl (C=O) groups is 1. The molecule has 1 aromatic rings. The molecule has 1 aromatic heterocycles. The van der Waals surface area contributed by atoms with Crippen molar-refractivity contribution in [3.63, 3.8) is 0 Å². The van der Waals surface area contributed by atoms with Crippen molar-refractivity contribution in [3.8, 4) is 0 Å². The molecule has 2 heterocycles.